The van der Waals surface area contributed by atoms with E-state index in [0.29, 0.717) is 6.54 Å². The predicted molar refractivity (Wildman–Crippen MR) is 138 cm³/mol. The number of guanidine groups is 1. The molecule has 1 fully saturated rings. The molecule has 2 aromatic rings. The van der Waals surface area contributed by atoms with Crippen LogP contribution in [0.25, 0.3) is 0 Å². The van der Waals surface area contributed by atoms with Crippen LogP contribution in [-0.4, -0.2) is 55.0 Å². The molecule has 1 aromatic heterocycles. The standard InChI is InChI=1S/C23H32N6O.HI/c1-4-18(2)22(30)27-20-9-7-8-19(16-20)17-26-23(24-3)29-14-12-28(13-15-29)21-10-5-6-11-25-21;/h5-11,16,18H,4,12-15,17H2,1-3H3,(H,24,26)(H,27,30);1H. The van der Waals surface area contributed by atoms with Crippen molar-refractivity contribution >= 4 is 47.3 Å². The van der Waals surface area contributed by atoms with Crippen LogP contribution in [0.3, 0.4) is 0 Å². The molecule has 31 heavy (non-hydrogen) atoms. The molecule has 2 heterocycles. The monoisotopic (exact) mass is 536 g/mol. The highest BCUT2D eigenvalue weighted by molar-refractivity contribution is 14.0. The van der Waals surface area contributed by atoms with Gasteiger partial charge in [0, 0.05) is 57.6 Å². The van der Waals surface area contributed by atoms with Crippen molar-refractivity contribution in [2.45, 2.75) is 26.8 Å². The number of hydrogen-bond acceptors (Lipinski definition) is 4. The number of aromatic nitrogens is 1. The van der Waals surface area contributed by atoms with Crippen LogP contribution < -0.4 is 15.5 Å². The van der Waals surface area contributed by atoms with Gasteiger partial charge in [0.05, 0.1) is 0 Å². The third kappa shape index (κ3) is 7.09. The van der Waals surface area contributed by atoms with E-state index in [1.807, 2.05) is 57.4 Å². The van der Waals surface area contributed by atoms with Gasteiger partial charge < -0.3 is 20.4 Å². The number of nitrogens with zero attached hydrogens (tertiary/aromatic N) is 4. The molecular formula is C23H33IN6O. The maximum atomic E-state index is 12.1. The largest absolute Gasteiger partial charge is 0.353 e. The third-order valence-corrected chi connectivity index (χ3v) is 5.47. The zero-order chi connectivity index (χ0) is 21.3. The molecule has 0 bridgehead atoms. The summed E-state index contributed by atoms with van der Waals surface area (Å²) in [4.78, 5) is 25.6. The number of anilines is 2. The first-order valence-corrected chi connectivity index (χ1v) is 10.6. The Morgan fingerprint density at radius 3 is 2.58 bits per heavy atom. The topological polar surface area (TPSA) is 72.9 Å². The summed E-state index contributed by atoms with van der Waals surface area (Å²) in [6, 6.07) is 14.0. The summed E-state index contributed by atoms with van der Waals surface area (Å²) in [5, 5.41) is 6.45. The van der Waals surface area contributed by atoms with E-state index in [1.54, 1.807) is 0 Å². The molecule has 2 N–H and O–H groups in total. The van der Waals surface area contributed by atoms with Gasteiger partial charge in [-0.25, -0.2) is 4.98 Å². The van der Waals surface area contributed by atoms with Gasteiger partial charge in [-0.3, -0.25) is 9.79 Å². The summed E-state index contributed by atoms with van der Waals surface area (Å²) >= 11 is 0. The molecule has 8 heteroatoms. The zero-order valence-corrected chi connectivity index (χ0v) is 20.9. The number of hydrogen-bond donors (Lipinski definition) is 2. The Labute approximate surface area is 202 Å². The second-order valence-electron chi connectivity index (χ2n) is 7.56. The fraction of sp³-hybridized carbons (Fsp3) is 0.435. The fourth-order valence-electron chi connectivity index (χ4n) is 3.41. The van der Waals surface area contributed by atoms with Crippen molar-refractivity contribution in [1.29, 1.82) is 0 Å². The number of benzene rings is 1. The lowest BCUT2D eigenvalue weighted by Crippen LogP contribution is -2.52. The Morgan fingerprint density at radius 1 is 1.16 bits per heavy atom. The number of pyridine rings is 1. The maximum absolute atomic E-state index is 12.1. The number of rotatable bonds is 6. The van der Waals surface area contributed by atoms with Crippen LogP contribution in [0.5, 0.6) is 0 Å². The van der Waals surface area contributed by atoms with Gasteiger partial charge in [0.2, 0.25) is 5.91 Å². The molecule has 1 amide bonds. The quantitative estimate of drug-likeness (QED) is 0.336. The average Bonchev–Trinajstić information content (AvgIpc) is 2.80. The van der Waals surface area contributed by atoms with E-state index < -0.39 is 0 Å². The van der Waals surface area contributed by atoms with Gasteiger partial charge >= 0.3 is 0 Å². The number of halogens is 1. The smallest absolute Gasteiger partial charge is 0.227 e. The molecule has 7 nitrogen and oxygen atoms in total. The molecule has 1 saturated heterocycles. The molecule has 1 atom stereocenters. The van der Waals surface area contributed by atoms with Crippen LogP contribution >= 0.6 is 24.0 Å². The molecule has 0 aliphatic carbocycles. The summed E-state index contributed by atoms with van der Waals surface area (Å²) < 4.78 is 0. The van der Waals surface area contributed by atoms with E-state index in [2.05, 4.69) is 42.5 Å². The van der Waals surface area contributed by atoms with Crippen LogP contribution in [0, 0.1) is 5.92 Å². The highest BCUT2D eigenvalue weighted by atomic mass is 127. The minimum absolute atomic E-state index is 0. The van der Waals surface area contributed by atoms with E-state index >= 15 is 0 Å². The molecule has 1 aliphatic heterocycles. The molecular weight excluding hydrogens is 503 g/mol. The summed E-state index contributed by atoms with van der Waals surface area (Å²) in [7, 11) is 1.82. The lowest BCUT2D eigenvalue weighted by atomic mass is 10.1. The second-order valence-corrected chi connectivity index (χ2v) is 7.56. The van der Waals surface area contributed by atoms with Crippen LogP contribution in [0.15, 0.2) is 53.7 Å². The first kappa shape index (κ1) is 24.9. The number of nitrogens with one attached hydrogen (secondary N) is 2. The van der Waals surface area contributed by atoms with Crippen molar-refractivity contribution in [2.24, 2.45) is 10.9 Å². The van der Waals surface area contributed by atoms with Crippen molar-refractivity contribution in [3.05, 3.63) is 54.2 Å². The van der Waals surface area contributed by atoms with Crippen molar-refractivity contribution in [1.82, 2.24) is 15.2 Å². The normalized spacial score (nSPS) is 15.1. The van der Waals surface area contributed by atoms with Gasteiger partial charge in [0.15, 0.2) is 5.96 Å². The number of amides is 1. The fourth-order valence-corrected chi connectivity index (χ4v) is 3.41. The third-order valence-electron chi connectivity index (χ3n) is 5.47. The highest BCUT2D eigenvalue weighted by Gasteiger charge is 2.20. The predicted octanol–water partition coefficient (Wildman–Crippen LogP) is 3.58. The Balaban J connectivity index is 0.00000341. The number of carbonyl (C=O) groups excluding carboxylic acids is 1. The first-order valence-electron chi connectivity index (χ1n) is 10.6. The van der Waals surface area contributed by atoms with Gasteiger partial charge in [0.1, 0.15) is 5.82 Å². The van der Waals surface area contributed by atoms with Gasteiger partial charge in [0.25, 0.3) is 0 Å². The molecule has 1 aromatic carbocycles. The SMILES string of the molecule is CCC(C)C(=O)Nc1cccc(CNC(=NC)N2CCN(c3ccccn3)CC2)c1.I. The van der Waals surface area contributed by atoms with Gasteiger partial charge in [-0.2, -0.15) is 0 Å². The molecule has 1 unspecified atom stereocenters. The van der Waals surface area contributed by atoms with Gasteiger partial charge in [-0.1, -0.05) is 32.0 Å². The first-order chi connectivity index (χ1) is 14.6. The average molecular weight is 536 g/mol. The number of carbonyl (C=O) groups is 1. The molecule has 168 valence electrons. The van der Waals surface area contributed by atoms with E-state index in [-0.39, 0.29) is 35.8 Å². The Hall–Kier alpha value is -2.36. The van der Waals surface area contributed by atoms with E-state index in [1.165, 1.54) is 0 Å². The molecule has 3 rings (SSSR count). The van der Waals surface area contributed by atoms with Crippen molar-refractivity contribution in [3.63, 3.8) is 0 Å². The minimum Gasteiger partial charge on any atom is -0.353 e. The van der Waals surface area contributed by atoms with E-state index in [0.717, 1.165) is 55.6 Å². The van der Waals surface area contributed by atoms with Crippen LogP contribution in [0.2, 0.25) is 0 Å². The summed E-state index contributed by atoms with van der Waals surface area (Å²) in [5.41, 5.74) is 1.93. The number of aliphatic imine (C=N–C) groups is 1. The van der Waals surface area contributed by atoms with Crippen LogP contribution in [0.1, 0.15) is 25.8 Å². The van der Waals surface area contributed by atoms with Gasteiger partial charge in [-0.05, 0) is 36.2 Å². The molecule has 0 saturated carbocycles. The van der Waals surface area contributed by atoms with Crippen molar-refractivity contribution in [2.75, 3.05) is 43.4 Å². The summed E-state index contributed by atoms with van der Waals surface area (Å²) in [6.45, 7) is 8.22. The Morgan fingerprint density at radius 2 is 1.94 bits per heavy atom. The van der Waals surface area contributed by atoms with Crippen LogP contribution in [0.4, 0.5) is 11.5 Å². The minimum atomic E-state index is 0. The lowest BCUT2D eigenvalue weighted by molar-refractivity contribution is -0.119. The van der Waals surface area contributed by atoms with Crippen molar-refractivity contribution < 1.29 is 4.79 Å². The van der Waals surface area contributed by atoms with E-state index in [9.17, 15) is 4.79 Å². The lowest BCUT2D eigenvalue weighted by Gasteiger charge is -2.37. The zero-order valence-electron chi connectivity index (χ0n) is 18.5. The number of piperazine rings is 1. The Bertz CT molecular complexity index is 852. The maximum Gasteiger partial charge on any atom is 0.227 e. The summed E-state index contributed by atoms with van der Waals surface area (Å²) in [6.07, 6.45) is 2.67. The van der Waals surface area contributed by atoms with Gasteiger partial charge in [-0.15, -0.1) is 24.0 Å². The Kier molecular flexibility index (Phi) is 10.0. The summed E-state index contributed by atoms with van der Waals surface area (Å²) in [5.74, 6) is 1.99. The molecule has 1 aliphatic rings. The molecule has 0 spiro atoms. The van der Waals surface area contributed by atoms with Crippen LogP contribution in [-0.2, 0) is 11.3 Å². The second kappa shape index (κ2) is 12.5. The van der Waals surface area contributed by atoms with Crippen molar-refractivity contribution in [3.8, 4) is 0 Å². The van der Waals surface area contributed by atoms with E-state index in [4.69, 9.17) is 0 Å². The highest BCUT2D eigenvalue weighted by Crippen LogP contribution is 2.14. The molecule has 0 radical (unpaired) electrons.